The maximum Gasteiger partial charge on any atom is 0.224 e. The van der Waals surface area contributed by atoms with E-state index in [9.17, 15) is 4.79 Å². The number of amides is 1. The first-order chi connectivity index (χ1) is 8.58. The van der Waals surface area contributed by atoms with Crippen LogP contribution >= 0.6 is 23.2 Å². The number of hydrogen-bond donors (Lipinski definition) is 2. The summed E-state index contributed by atoms with van der Waals surface area (Å²) in [5.41, 5.74) is 5.41. The highest BCUT2D eigenvalue weighted by Gasteiger charge is 2.30. The molecular formula is C11H14Cl2N4O. The molecule has 1 fully saturated rings. The number of nitrogens with zero attached hydrogens (tertiary/aromatic N) is 2. The van der Waals surface area contributed by atoms with Gasteiger partial charge in [-0.05, 0) is 24.4 Å². The van der Waals surface area contributed by atoms with Crippen molar-refractivity contribution in [3.05, 3.63) is 16.5 Å². The van der Waals surface area contributed by atoms with Crippen LogP contribution in [0.1, 0.15) is 25.7 Å². The van der Waals surface area contributed by atoms with Crippen LogP contribution in [0.3, 0.4) is 0 Å². The van der Waals surface area contributed by atoms with Crippen LogP contribution in [0.25, 0.3) is 0 Å². The van der Waals surface area contributed by atoms with Gasteiger partial charge in [-0.3, -0.25) is 4.79 Å². The van der Waals surface area contributed by atoms with Crippen molar-refractivity contribution in [2.24, 2.45) is 11.7 Å². The van der Waals surface area contributed by atoms with Crippen LogP contribution in [-0.4, -0.2) is 21.9 Å². The summed E-state index contributed by atoms with van der Waals surface area (Å²) in [6.45, 7) is 0. The zero-order chi connectivity index (χ0) is 13.1. The van der Waals surface area contributed by atoms with Gasteiger partial charge in [-0.1, -0.05) is 24.4 Å². The van der Waals surface area contributed by atoms with E-state index in [1.165, 1.54) is 6.20 Å². The number of nitrogens with one attached hydrogen (secondary N) is 1. The normalized spacial score (nSPS) is 23.7. The van der Waals surface area contributed by atoms with E-state index >= 15 is 0 Å². The Balaban J connectivity index is 2.15. The number of nitrogens with two attached hydrogens (primary N) is 1. The van der Waals surface area contributed by atoms with Crippen molar-refractivity contribution in [1.29, 1.82) is 0 Å². The zero-order valence-electron chi connectivity index (χ0n) is 9.70. The fourth-order valence-electron chi connectivity index (χ4n) is 2.27. The van der Waals surface area contributed by atoms with Gasteiger partial charge in [0, 0.05) is 6.04 Å². The molecule has 0 unspecified atom stereocenters. The fraction of sp³-hybridized carbons (Fsp3) is 0.545. The number of aromatic nitrogens is 2. The van der Waals surface area contributed by atoms with Gasteiger partial charge < -0.3 is 11.1 Å². The van der Waals surface area contributed by atoms with E-state index < -0.39 is 0 Å². The quantitative estimate of drug-likeness (QED) is 0.836. The number of rotatable bonds is 3. The summed E-state index contributed by atoms with van der Waals surface area (Å²) in [5, 5.41) is 3.65. The van der Waals surface area contributed by atoms with Crippen molar-refractivity contribution in [1.82, 2.24) is 9.97 Å². The Labute approximate surface area is 115 Å². The molecule has 1 heterocycles. The molecule has 0 saturated heterocycles. The minimum absolute atomic E-state index is 0.0419. The maximum absolute atomic E-state index is 11.4. The van der Waals surface area contributed by atoms with Crippen molar-refractivity contribution in [2.45, 2.75) is 31.7 Å². The zero-order valence-corrected chi connectivity index (χ0v) is 11.2. The molecule has 7 heteroatoms. The van der Waals surface area contributed by atoms with Gasteiger partial charge in [0.05, 0.1) is 12.1 Å². The first-order valence-corrected chi connectivity index (χ1v) is 6.57. The Hall–Kier alpha value is -1.07. The standard InChI is InChI=1S/C11H14Cl2N4O/c12-7-5-15-11(13)17-10(7)16-8-4-2-1-3-6(8)9(14)18/h5-6,8H,1-4H2,(H2,14,18)(H,15,16,17)/t6-,8+/m0/s1. The molecule has 3 N–H and O–H groups in total. The van der Waals surface area contributed by atoms with Crippen molar-refractivity contribution in [2.75, 3.05) is 5.32 Å². The number of hydrogen-bond acceptors (Lipinski definition) is 4. The first kappa shape index (κ1) is 13.4. The second-order valence-electron chi connectivity index (χ2n) is 4.38. The summed E-state index contributed by atoms with van der Waals surface area (Å²) < 4.78 is 0. The number of anilines is 1. The van der Waals surface area contributed by atoms with Gasteiger partial charge in [0.25, 0.3) is 0 Å². The smallest absolute Gasteiger partial charge is 0.224 e. The van der Waals surface area contributed by atoms with Gasteiger partial charge in [0.15, 0.2) is 0 Å². The fourth-order valence-corrected chi connectivity index (χ4v) is 2.55. The van der Waals surface area contributed by atoms with Crippen molar-refractivity contribution in [3.63, 3.8) is 0 Å². The summed E-state index contributed by atoms with van der Waals surface area (Å²) in [5.74, 6) is -0.0261. The van der Waals surface area contributed by atoms with Crippen LogP contribution in [0.4, 0.5) is 5.82 Å². The molecule has 18 heavy (non-hydrogen) atoms. The van der Waals surface area contributed by atoms with Crippen LogP contribution < -0.4 is 11.1 Å². The molecule has 5 nitrogen and oxygen atoms in total. The van der Waals surface area contributed by atoms with Gasteiger partial charge in [0.1, 0.15) is 10.8 Å². The highest BCUT2D eigenvalue weighted by molar-refractivity contribution is 6.33. The van der Waals surface area contributed by atoms with E-state index in [0.717, 1.165) is 25.7 Å². The number of carbonyl (C=O) groups excluding carboxylic acids is 1. The molecule has 2 rings (SSSR count). The Morgan fingerprint density at radius 2 is 2.11 bits per heavy atom. The lowest BCUT2D eigenvalue weighted by Crippen LogP contribution is -2.40. The molecule has 1 aromatic rings. The molecule has 0 bridgehead atoms. The maximum atomic E-state index is 11.4. The highest BCUT2D eigenvalue weighted by Crippen LogP contribution is 2.29. The van der Waals surface area contributed by atoms with Crippen LogP contribution in [0, 0.1) is 5.92 Å². The second kappa shape index (κ2) is 5.71. The van der Waals surface area contributed by atoms with Crippen LogP contribution in [0.15, 0.2) is 6.20 Å². The van der Waals surface area contributed by atoms with E-state index in [2.05, 4.69) is 15.3 Å². The highest BCUT2D eigenvalue weighted by atomic mass is 35.5. The van der Waals surface area contributed by atoms with E-state index in [-0.39, 0.29) is 23.2 Å². The molecule has 1 aliphatic rings. The Morgan fingerprint density at radius 3 is 2.83 bits per heavy atom. The van der Waals surface area contributed by atoms with E-state index in [1.54, 1.807) is 0 Å². The third kappa shape index (κ3) is 3.03. The number of carbonyl (C=O) groups is 1. The van der Waals surface area contributed by atoms with Crippen molar-refractivity contribution in [3.8, 4) is 0 Å². The Bertz CT molecular complexity index is 455. The SMILES string of the molecule is NC(=O)[C@H]1CCCC[C@H]1Nc1nc(Cl)ncc1Cl. The Kier molecular flexibility index (Phi) is 4.24. The lowest BCUT2D eigenvalue weighted by molar-refractivity contribution is -0.122. The minimum atomic E-state index is -0.288. The first-order valence-electron chi connectivity index (χ1n) is 5.82. The average Bonchev–Trinajstić information content (AvgIpc) is 2.34. The molecule has 0 aliphatic heterocycles. The topological polar surface area (TPSA) is 80.9 Å². The second-order valence-corrected chi connectivity index (χ2v) is 5.12. The van der Waals surface area contributed by atoms with Crippen molar-refractivity contribution < 1.29 is 4.79 Å². The monoisotopic (exact) mass is 288 g/mol. The molecule has 2 atom stereocenters. The summed E-state index contributed by atoms with van der Waals surface area (Å²) in [4.78, 5) is 19.2. The summed E-state index contributed by atoms with van der Waals surface area (Å²) in [7, 11) is 0. The van der Waals surface area contributed by atoms with Gasteiger partial charge in [-0.25, -0.2) is 4.98 Å². The third-order valence-electron chi connectivity index (χ3n) is 3.17. The summed E-state index contributed by atoms with van der Waals surface area (Å²) >= 11 is 11.7. The van der Waals surface area contributed by atoms with E-state index in [1.807, 2.05) is 0 Å². The third-order valence-corrected chi connectivity index (χ3v) is 3.63. The molecule has 0 aromatic carbocycles. The number of halogens is 2. The predicted molar refractivity (Wildman–Crippen MR) is 70.6 cm³/mol. The average molecular weight is 289 g/mol. The van der Waals surface area contributed by atoms with Crippen LogP contribution in [0.5, 0.6) is 0 Å². The lowest BCUT2D eigenvalue weighted by atomic mass is 9.84. The van der Waals surface area contributed by atoms with Crippen molar-refractivity contribution >= 4 is 34.9 Å². The molecule has 1 aliphatic carbocycles. The predicted octanol–water partition coefficient (Wildman–Crippen LogP) is 2.24. The van der Waals surface area contributed by atoms with E-state index in [0.29, 0.717) is 10.8 Å². The van der Waals surface area contributed by atoms with E-state index in [4.69, 9.17) is 28.9 Å². The van der Waals surface area contributed by atoms with Gasteiger partial charge in [-0.2, -0.15) is 4.98 Å². The minimum Gasteiger partial charge on any atom is -0.369 e. The summed E-state index contributed by atoms with van der Waals surface area (Å²) in [6.07, 6.45) is 5.16. The molecule has 0 spiro atoms. The molecule has 1 saturated carbocycles. The molecule has 98 valence electrons. The number of primary amides is 1. The van der Waals surface area contributed by atoms with Crippen LogP contribution in [0.2, 0.25) is 10.3 Å². The molecule has 1 aromatic heterocycles. The molecular weight excluding hydrogens is 275 g/mol. The van der Waals surface area contributed by atoms with Crippen LogP contribution in [-0.2, 0) is 4.79 Å². The summed E-state index contributed by atoms with van der Waals surface area (Å²) in [6, 6.07) is -0.0419. The van der Waals surface area contributed by atoms with Gasteiger partial charge >= 0.3 is 0 Å². The lowest BCUT2D eigenvalue weighted by Gasteiger charge is -2.30. The van der Waals surface area contributed by atoms with Gasteiger partial charge in [-0.15, -0.1) is 0 Å². The largest absolute Gasteiger partial charge is 0.369 e. The molecule has 1 amide bonds. The Morgan fingerprint density at radius 1 is 1.39 bits per heavy atom. The van der Waals surface area contributed by atoms with Gasteiger partial charge in [0.2, 0.25) is 11.2 Å². The molecule has 0 radical (unpaired) electrons.